The number of benzene rings is 1. The minimum atomic E-state index is -4.05. The van der Waals surface area contributed by atoms with Crippen LogP contribution in [0.25, 0.3) is 0 Å². The van der Waals surface area contributed by atoms with E-state index in [4.69, 9.17) is 18.0 Å². The van der Waals surface area contributed by atoms with E-state index in [2.05, 4.69) is 14.7 Å². The van der Waals surface area contributed by atoms with Crippen LogP contribution in [0.2, 0.25) is 0 Å². The van der Waals surface area contributed by atoms with Gasteiger partial charge in [0.25, 0.3) is 10.0 Å². The SMILES string of the molecule is NC(=S)c1c(F)cccc1S(=O)(=O)Nc1cncnc1. The number of nitrogens with zero attached hydrogens (tertiary/aromatic N) is 2. The quantitative estimate of drug-likeness (QED) is 0.819. The van der Waals surface area contributed by atoms with Crippen molar-refractivity contribution in [3.05, 3.63) is 48.3 Å². The lowest BCUT2D eigenvalue weighted by molar-refractivity contribution is 0.594. The molecule has 6 nitrogen and oxygen atoms in total. The second-order valence-electron chi connectivity index (χ2n) is 3.71. The molecule has 0 unspecified atom stereocenters. The Bertz CT molecular complexity index is 750. The molecule has 2 rings (SSSR count). The van der Waals surface area contributed by atoms with Gasteiger partial charge in [-0.15, -0.1) is 0 Å². The summed E-state index contributed by atoms with van der Waals surface area (Å²) in [5.41, 5.74) is 5.20. The fraction of sp³-hybridized carbons (Fsp3) is 0. The van der Waals surface area contributed by atoms with Crippen molar-refractivity contribution in [1.29, 1.82) is 0 Å². The van der Waals surface area contributed by atoms with Crippen LogP contribution in [0.15, 0.2) is 41.8 Å². The van der Waals surface area contributed by atoms with Gasteiger partial charge < -0.3 is 5.73 Å². The van der Waals surface area contributed by atoms with E-state index in [1.807, 2.05) is 0 Å². The summed E-state index contributed by atoms with van der Waals surface area (Å²) < 4.78 is 40.4. The number of nitrogens with two attached hydrogens (primary N) is 1. The second-order valence-corrected chi connectivity index (χ2v) is 5.80. The molecule has 1 heterocycles. The number of hydrogen-bond donors (Lipinski definition) is 2. The van der Waals surface area contributed by atoms with E-state index in [-0.39, 0.29) is 21.1 Å². The molecule has 0 spiro atoms. The Labute approximate surface area is 119 Å². The maximum Gasteiger partial charge on any atom is 0.262 e. The molecular weight excluding hydrogens is 303 g/mol. The van der Waals surface area contributed by atoms with Gasteiger partial charge in [-0.05, 0) is 12.1 Å². The summed E-state index contributed by atoms with van der Waals surface area (Å²) in [7, 11) is -4.05. The maximum absolute atomic E-state index is 13.7. The molecule has 0 saturated carbocycles. The first-order valence-corrected chi connectivity index (χ1v) is 7.17. The minimum Gasteiger partial charge on any atom is -0.389 e. The number of sulfonamides is 1. The molecule has 20 heavy (non-hydrogen) atoms. The number of halogens is 1. The molecule has 0 saturated heterocycles. The van der Waals surface area contributed by atoms with E-state index < -0.39 is 15.8 Å². The van der Waals surface area contributed by atoms with Crippen LogP contribution in [0.5, 0.6) is 0 Å². The second kappa shape index (κ2) is 5.47. The van der Waals surface area contributed by atoms with Crippen LogP contribution >= 0.6 is 12.2 Å². The fourth-order valence-electron chi connectivity index (χ4n) is 1.53. The van der Waals surface area contributed by atoms with Crippen LogP contribution in [-0.4, -0.2) is 23.4 Å². The summed E-state index contributed by atoms with van der Waals surface area (Å²) in [6.07, 6.45) is 3.79. The third-order valence-electron chi connectivity index (χ3n) is 2.32. The molecule has 1 aromatic heterocycles. The largest absolute Gasteiger partial charge is 0.389 e. The zero-order chi connectivity index (χ0) is 14.8. The molecule has 2 aromatic rings. The molecular formula is C11H9FN4O2S2. The lowest BCUT2D eigenvalue weighted by atomic mass is 10.2. The van der Waals surface area contributed by atoms with Gasteiger partial charge in [-0.1, -0.05) is 18.3 Å². The predicted octanol–water partition coefficient (Wildman–Crippen LogP) is 1.05. The first kappa shape index (κ1) is 14.3. The Morgan fingerprint density at radius 1 is 1.30 bits per heavy atom. The molecule has 9 heteroatoms. The summed E-state index contributed by atoms with van der Waals surface area (Å²) >= 11 is 4.69. The Morgan fingerprint density at radius 3 is 2.55 bits per heavy atom. The highest BCUT2D eigenvalue weighted by atomic mass is 32.2. The summed E-state index contributed by atoms with van der Waals surface area (Å²) in [5.74, 6) is -0.801. The van der Waals surface area contributed by atoms with Gasteiger partial charge in [0, 0.05) is 0 Å². The van der Waals surface area contributed by atoms with Crippen molar-refractivity contribution in [2.75, 3.05) is 4.72 Å². The number of nitrogens with one attached hydrogen (secondary N) is 1. The number of rotatable bonds is 4. The van der Waals surface area contributed by atoms with Gasteiger partial charge in [0.2, 0.25) is 0 Å². The highest BCUT2D eigenvalue weighted by Gasteiger charge is 2.22. The van der Waals surface area contributed by atoms with Gasteiger partial charge in [0.1, 0.15) is 22.0 Å². The topological polar surface area (TPSA) is 98.0 Å². The van der Waals surface area contributed by atoms with Crippen molar-refractivity contribution < 1.29 is 12.8 Å². The van der Waals surface area contributed by atoms with E-state index in [9.17, 15) is 12.8 Å². The molecule has 0 atom stereocenters. The van der Waals surface area contributed by atoms with Crippen LogP contribution in [0.4, 0.5) is 10.1 Å². The lowest BCUT2D eigenvalue weighted by Gasteiger charge is -2.11. The molecule has 0 bridgehead atoms. The van der Waals surface area contributed by atoms with Gasteiger partial charge in [-0.25, -0.2) is 22.8 Å². The van der Waals surface area contributed by atoms with E-state index in [1.54, 1.807) is 0 Å². The molecule has 0 fully saturated rings. The van der Waals surface area contributed by atoms with Crippen molar-refractivity contribution in [1.82, 2.24) is 9.97 Å². The number of thiocarbonyl (C=S) groups is 1. The Balaban J connectivity index is 2.50. The fourth-order valence-corrected chi connectivity index (χ4v) is 3.06. The molecule has 0 aliphatic rings. The molecule has 104 valence electrons. The van der Waals surface area contributed by atoms with E-state index in [0.717, 1.165) is 6.07 Å². The van der Waals surface area contributed by atoms with Gasteiger partial charge >= 0.3 is 0 Å². The van der Waals surface area contributed by atoms with E-state index in [1.165, 1.54) is 30.9 Å². The third kappa shape index (κ3) is 2.89. The lowest BCUT2D eigenvalue weighted by Crippen LogP contribution is -2.21. The van der Waals surface area contributed by atoms with Crippen LogP contribution in [0.3, 0.4) is 0 Å². The summed E-state index contributed by atoms with van der Waals surface area (Å²) in [5, 5.41) is 0. The third-order valence-corrected chi connectivity index (χ3v) is 3.95. The highest BCUT2D eigenvalue weighted by molar-refractivity contribution is 7.93. The molecule has 0 radical (unpaired) electrons. The molecule has 0 amide bonds. The Morgan fingerprint density at radius 2 is 1.95 bits per heavy atom. The van der Waals surface area contributed by atoms with Crippen LogP contribution < -0.4 is 10.5 Å². The molecule has 3 N–H and O–H groups in total. The van der Waals surface area contributed by atoms with Crippen molar-refractivity contribution in [2.24, 2.45) is 5.73 Å². The summed E-state index contributed by atoms with van der Waals surface area (Å²) in [6, 6.07) is 3.55. The molecule has 0 aliphatic heterocycles. The van der Waals surface area contributed by atoms with Gasteiger partial charge in [0.05, 0.1) is 23.6 Å². The average Bonchev–Trinajstić information content (AvgIpc) is 2.38. The number of anilines is 1. The number of hydrogen-bond acceptors (Lipinski definition) is 5. The van der Waals surface area contributed by atoms with Crippen molar-refractivity contribution in [3.8, 4) is 0 Å². The summed E-state index contributed by atoms with van der Waals surface area (Å²) in [4.78, 5) is 6.67. The Kier molecular flexibility index (Phi) is 3.91. The smallest absolute Gasteiger partial charge is 0.262 e. The monoisotopic (exact) mass is 312 g/mol. The first-order chi connectivity index (χ1) is 9.42. The normalized spacial score (nSPS) is 11.1. The van der Waals surface area contributed by atoms with E-state index in [0.29, 0.717) is 0 Å². The van der Waals surface area contributed by atoms with Crippen molar-refractivity contribution in [3.63, 3.8) is 0 Å². The van der Waals surface area contributed by atoms with Crippen molar-refractivity contribution in [2.45, 2.75) is 4.90 Å². The highest BCUT2D eigenvalue weighted by Crippen LogP contribution is 2.21. The Hall–Kier alpha value is -2.13. The van der Waals surface area contributed by atoms with Gasteiger partial charge in [0.15, 0.2) is 0 Å². The standard InChI is InChI=1S/C11H9FN4O2S2/c12-8-2-1-3-9(10(8)11(13)19)20(17,18)16-7-4-14-6-15-5-7/h1-6,16H,(H2,13,19). The predicted molar refractivity (Wildman–Crippen MR) is 75.1 cm³/mol. The number of aromatic nitrogens is 2. The van der Waals surface area contributed by atoms with Crippen LogP contribution in [-0.2, 0) is 10.0 Å². The average molecular weight is 312 g/mol. The summed E-state index contributed by atoms with van der Waals surface area (Å²) in [6.45, 7) is 0. The van der Waals surface area contributed by atoms with Crippen molar-refractivity contribution >= 4 is 32.9 Å². The maximum atomic E-state index is 13.7. The first-order valence-electron chi connectivity index (χ1n) is 5.28. The minimum absolute atomic E-state index is 0.144. The zero-order valence-corrected chi connectivity index (χ0v) is 11.6. The molecule has 0 aliphatic carbocycles. The molecule has 1 aromatic carbocycles. The van der Waals surface area contributed by atoms with Gasteiger partial charge in [-0.2, -0.15) is 0 Å². The van der Waals surface area contributed by atoms with Crippen LogP contribution in [0, 0.1) is 5.82 Å². The van der Waals surface area contributed by atoms with Crippen LogP contribution in [0.1, 0.15) is 5.56 Å². The van der Waals surface area contributed by atoms with Gasteiger partial charge in [-0.3, -0.25) is 4.72 Å². The van der Waals surface area contributed by atoms with E-state index >= 15 is 0 Å². The zero-order valence-electron chi connectivity index (χ0n) is 9.95.